The summed E-state index contributed by atoms with van der Waals surface area (Å²) in [6.07, 6.45) is 19.9. The lowest BCUT2D eigenvalue weighted by molar-refractivity contribution is 0.364. The number of aryl methyl sites for hydroxylation is 1. The maximum atomic E-state index is 2.57. The average Bonchev–Trinajstić information content (AvgIpc) is 3.58. The first-order valence-corrected chi connectivity index (χ1v) is 23.8. The average molecular weight is 779 g/mol. The van der Waals surface area contributed by atoms with E-state index in [1.165, 1.54) is 147 Å². The fraction of sp³-hybridized carbons (Fsp3) is 0.444. The molecule has 0 aliphatic heterocycles. The zero-order valence-electron chi connectivity index (χ0n) is 35.2. The van der Waals surface area contributed by atoms with Crippen LogP contribution in [0.25, 0.3) is 48.3 Å². The minimum absolute atomic E-state index is 0.798. The van der Waals surface area contributed by atoms with Gasteiger partial charge >= 0.3 is 0 Å². The molecule has 0 spiro atoms. The van der Waals surface area contributed by atoms with Crippen molar-refractivity contribution in [3.63, 3.8) is 0 Å². The Balaban J connectivity index is 0.975. The van der Waals surface area contributed by atoms with E-state index in [1.807, 2.05) is 23.1 Å². The summed E-state index contributed by atoms with van der Waals surface area (Å²) >= 11 is 3.78. The molecular formula is C54H66S2. The van der Waals surface area contributed by atoms with Gasteiger partial charge in [-0.05, 0) is 154 Å². The maximum absolute atomic E-state index is 2.57. The summed E-state index contributed by atoms with van der Waals surface area (Å²) in [6, 6.07) is 35.3. The number of hydrogen-bond donors (Lipinski definition) is 0. The molecule has 0 saturated heterocycles. The van der Waals surface area contributed by atoms with Crippen molar-refractivity contribution in [2.24, 2.45) is 29.6 Å². The van der Waals surface area contributed by atoms with E-state index in [1.54, 1.807) is 5.57 Å². The summed E-state index contributed by atoms with van der Waals surface area (Å²) < 4.78 is 1.38. The summed E-state index contributed by atoms with van der Waals surface area (Å²) in [7, 11) is 0. The number of fused-ring (bicyclic) bond motifs is 3. The predicted octanol–water partition coefficient (Wildman–Crippen LogP) is 17.8. The van der Waals surface area contributed by atoms with Crippen LogP contribution in [0.3, 0.4) is 0 Å². The molecule has 0 N–H and O–H groups in total. The molecule has 0 fully saturated rings. The van der Waals surface area contributed by atoms with Crippen molar-refractivity contribution in [1.29, 1.82) is 0 Å². The van der Waals surface area contributed by atoms with Gasteiger partial charge in [-0.15, -0.1) is 11.3 Å². The molecule has 0 saturated carbocycles. The Morgan fingerprint density at radius 3 is 2.00 bits per heavy atom. The van der Waals surface area contributed by atoms with Gasteiger partial charge in [-0.2, -0.15) is 0 Å². The third-order valence-corrected chi connectivity index (χ3v) is 14.8. The SMILES string of the molecule is CC(C)CCCC(C)CCc1ccc(-c2ccc3ccc(Sc4csc5cc6cc(C7=CCC(CCC(C)CCCC(C)C)CC7)ccc6cc45)cc3c2)cc1. The highest BCUT2D eigenvalue weighted by Gasteiger charge is 2.18. The molecule has 0 radical (unpaired) electrons. The van der Waals surface area contributed by atoms with Crippen molar-refractivity contribution >= 4 is 60.3 Å². The Bertz CT molecular complexity index is 2210. The van der Waals surface area contributed by atoms with Crippen LogP contribution >= 0.6 is 23.1 Å². The van der Waals surface area contributed by atoms with Crippen molar-refractivity contribution in [2.45, 2.75) is 135 Å². The van der Waals surface area contributed by atoms with Gasteiger partial charge in [0.25, 0.3) is 0 Å². The standard InChI is InChI=1S/C54H66S2/c1-37(2)9-7-11-39(5)13-15-41-17-21-43(22-18-41)46-26-25-45-29-30-51(33-49(45)31-46)56-54-36-55-53-35-50-32-47(27-28-48(50)34-52(53)54)44-23-19-42(20-24-44)16-14-40(6)12-8-10-38(3)4/h17-18,21-23,25-40,42H,7-16,19-20,24H2,1-6H3. The Morgan fingerprint density at radius 2 is 1.27 bits per heavy atom. The number of allylic oxidation sites excluding steroid dienone is 2. The van der Waals surface area contributed by atoms with Gasteiger partial charge in [-0.1, -0.05) is 159 Å². The molecule has 0 nitrogen and oxygen atoms in total. The van der Waals surface area contributed by atoms with Crippen LogP contribution in [0.1, 0.15) is 130 Å². The molecule has 5 aromatic carbocycles. The van der Waals surface area contributed by atoms with Gasteiger partial charge in [0, 0.05) is 25.3 Å². The van der Waals surface area contributed by atoms with Crippen LogP contribution in [0.15, 0.2) is 112 Å². The lowest BCUT2D eigenvalue weighted by Gasteiger charge is -2.24. The van der Waals surface area contributed by atoms with Crippen LogP contribution in [-0.4, -0.2) is 0 Å². The second-order valence-corrected chi connectivity index (χ2v) is 20.4. The van der Waals surface area contributed by atoms with Crippen molar-refractivity contribution in [1.82, 2.24) is 0 Å². The third kappa shape index (κ3) is 11.0. The molecule has 1 aromatic heterocycles. The molecule has 0 amide bonds. The fourth-order valence-electron chi connectivity index (χ4n) is 8.87. The van der Waals surface area contributed by atoms with Crippen LogP contribution in [0.2, 0.25) is 0 Å². The molecule has 7 rings (SSSR count). The molecule has 1 aliphatic carbocycles. The predicted molar refractivity (Wildman–Crippen MR) is 251 cm³/mol. The smallest absolute Gasteiger partial charge is 0.0360 e. The number of thiophene rings is 1. The normalized spacial score (nSPS) is 16.0. The fourth-order valence-corrected chi connectivity index (χ4v) is 11.0. The van der Waals surface area contributed by atoms with E-state index in [0.29, 0.717) is 0 Å². The molecule has 294 valence electrons. The molecule has 0 bridgehead atoms. The quantitative estimate of drug-likeness (QED) is 0.0837. The molecule has 6 aromatic rings. The van der Waals surface area contributed by atoms with Crippen LogP contribution in [0.4, 0.5) is 0 Å². The Hall–Kier alpha value is -3.33. The monoisotopic (exact) mass is 778 g/mol. The van der Waals surface area contributed by atoms with Gasteiger partial charge in [0.15, 0.2) is 0 Å². The lowest BCUT2D eigenvalue weighted by atomic mass is 9.82. The molecule has 1 heterocycles. The molecule has 3 atom stereocenters. The molecular weight excluding hydrogens is 713 g/mol. The van der Waals surface area contributed by atoms with E-state index in [2.05, 4.69) is 144 Å². The van der Waals surface area contributed by atoms with Gasteiger partial charge in [0.1, 0.15) is 0 Å². The van der Waals surface area contributed by atoms with Gasteiger partial charge in [-0.3, -0.25) is 0 Å². The van der Waals surface area contributed by atoms with Crippen molar-refractivity contribution in [3.05, 3.63) is 114 Å². The van der Waals surface area contributed by atoms with E-state index in [-0.39, 0.29) is 0 Å². The molecule has 56 heavy (non-hydrogen) atoms. The Labute approximate surface area is 347 Å². The Morgan fingerprint density at radius 1 is 0.607 bits per heavy atom. The first-order chi connectivity index (χ1) is 27.2. The zero-order valence-corrected chi connectivity index (χ0v) is 36.8. The summed E-state index contributed by atoms with van der Waals surface area (Å²) in [5.41, 5.74) is 7.03. The first kappa shape index (κ1) is 40.9. The topological polar surface area (TPSA) is 0 Å². The third-order valence-electron chi connectivity index (χ3n) is 12.7. The van der Waals surface area contributed by atoms with Crippen LogP contribution in [-0.2, 0) is 6.42 Å². The van der Waals surface area contributed by atoms with E-state index in [4.69, 9.17) is 0 Å². The van der Waals surface area contributed by atoms with Crippen LogP contribution in [0, 0.1) is 29.6 Å². The van der Waals surface area contributed by atoms with Gasteiger partial charge in [-0.25, -0.2) is 0 Å². The highest BCUT2D eigenvalue weighted by Crippen LogP contribution is 2.41. The van der Waals surface area contributed by atoms with Crippen LogP contribution < -0.4 is 0 Å². The number of hydrogen-bond acceptors (Lipinski definition) is 2. The van der Waals surface area contributed by atoms with E-state index >= 15 is 0 Å². The van der Waals surface area contributed by atoms with Crippen molar-refractivity contribution < 1.29 is 0 Å². The van der Waals surface area contributed by atoms with Crippen LogP contribution in [0.5, 0.6) is 0 Å². The second-order valence-electron chi connectivity index (χ2n) is 18.4. The minimum atomic E-state index is 0.798. The minimum Gasteiger partial charge on any atom is -0.143 e. The highest BCUT2D eigenvalue weighted by atomic mass is 32.2. The van der Waals surface area contributed by atoms with Gasteiger partial charge in [0.2, 0.25) is 0 Å². The molecule has 3 unspecified atom stereocenters. The van der Waals surface area contributed by atoms with Gasteiger partial charge < -0.3 is 0 Å². The second kappa shape index (κ2) is 19.4. The lowest BCUT2D eigenvalue weighted by Crippen LogP contribution is -2.08. The molecule has 2 heteroatoms. The van der Waals surface area contributed by atoms with E-state index < -0.39 is 0 Å². The first-order valence-electron chi connectivity index (χ1n) is 22.1. The van der Waals surface area contributed by atoms with Crippen molar-refractivity contribution in [2.75, 3.05) is 0 Å². The van der Waals surface area contributed by atoms with E-state index in [0.717, 1.165) is 29.6 Å². The number of benzene rings is 5. The Kier molecular flexibility index (Phi) is 14.2. The number of rotatable bonds is 18. The van der Waals surface area contributed by atoms with Crippen molar-refractivity contribution in [3.8, 4) is 11.1 Å². The zero-order chi connectivity index (χ0) is 39.0. The summed E-state index contributed by atoms with van der Waals surface area (Å²) in [6.45, 7) is 14.3. The summed E-state index contributed by atoms with van der Waals surface area (Å²) in [4.78, 5) is 2.65. The summed E-state index contributed by atoms with van der Waals surface area (Å²) in [5, 5.41) is 9.04. The van der Waals surface area contributed by atoms with E-state index in [9.17, 15) is 0 Å². The summed E-state index contributed by atoms with van der Waals surface area (Å²) in [5.74, 6) is 4.19. The highest BCUT2D eigenvalue weighted by molar-refractivity contribution is 7.99. The maximum Gasteiger partial charge on any atom is 0.0360 e. The molecule has 1 aliphatic rings. The largest absolute Gasteiger partial charge is 0.143 e. The van der Waals surface area contributed by atoms with Gasteiger partial charge in [0.05, 0.1) is 0 Å².